The molecule has 0 aliphatic rings. The predicted molar refractivity (Wildman–Crippen MR) is 59.6 cm³/mol. The van der Waals surface area contributed by atoms with Gasteiger partial charge in [0.2, 0.25) is 0 Å². The average molecular weight is 199 g/mol. The number of nitrogens with two attached hydrogens (primary N) is 2. The van der Waals surface area contributed by atoms with E-state index < -0.39 is 0 Å². The molecule has 3 aromatic rings. The number of nitrogen functional groups attached to an aromatic ring is 2. The minimum atomic E-state index is 0.410. The van der Waals surface area contributed by atoms with Gasteiger partial charge in [-0.1, -0.05) is 18.2 Å². The van der Waals surface area contributed by atoms with Crippen molar-refractivity contribution in [2.75, 3.05) is 11.6 Å². The summed E-state index contributed by atoms with van der Waals surface area (Å²) < 4.78 is 1.47. The molecule has 74 valence electrons. The van der Waals surface area contributed by atoms with Crippen LogP contribution in [-0.2, 0) is 0 Å². The lowest BCUT2D eigenvalue weighted by Crippen LogP contribution is -2.06. The van der Waals surface area contributed by atoms with Crippen LogP contribution in [-0.4, -0.2) is 14.6 Å². The molecule has 2 aromatic heterocycles. The molecule has 0 aliphatic heterocycles. The number of anilines is 1. The van der Waals surface area contributed by atoms with Crippen molar-refractivity contribution < 1.29 is 0 Å². The van der Waals surface area contributed by atoms with Crippen LogP contribution in [0.3, 0.4) is 0 Å². The van der Waals surface area contributed by atoms with E-state index in [1.165, 1.54) is 11.0 Å². The summed E-state index contributed by atoms with van der Waals surface area (Å²) in [6.45, 7) is 0. The number of hydrogen-bond acceptors (Lipinski definition) is 4. The molecule has 5 nitrogen and oxygen atoms in total. The molecule has 3 rings (SSSR count). The van der Waals surface area contributed by atoms with Gasteiger partial charge in [-0.3, -0.25) is 0 Å². The van der Waals surface area contributed by atoms with Crippen molar-refractivity contribution in [3.8, 4) is 0 Å². The molecular weight excluding hydrogens is 190 g/mol. The van der Waals surface area contributed by atoms with Crippen molar-refractivity contribution in [1.82, 2.24) is 14.6 Å². The highest BCUT2D eigenvalue weighted by molar-refractivity contribution is 6.06. The first-order valence-corrected chi connectivity index (χ1v) is 4.54. The Morgan fingerprint density at radius 1 is 1.20 bits per heavy atom. The molecule has 0 unspecified atom stereocenters. The molecule has 5 heteroatoms. The van der Waals surface area contributed by atoms with E-state index in [2.05, 4.69) is 9.97 Å². The lowest BCUT2D eigenvalue weighted by molar-refractivity contribution is 1.04. The Balaban J connectivity index is 2.67. The number of benzene rings is 1. The number of fused-ring (bicyclic) bond motifs is 3. The van der Waals surface area contributed by atoms with Gasteiger partial charge in [0, 0.05) is 5.39 Å². The van der Waals surface area contributed by atoms with Gasteiger partial charge >= 0.3 is 0 Å². The zero-order valence-electron chi connectivity index (χ0n) is 7.88. The van der Waals surface area contributed by atoms with Crippen molar-refractivity contribution >= 4 is 27.8 Å². The van der Waals surface area contributed by atoms with Crippen LogP contribution in [0.5, 0.6) is 0 Å². The Hall–Kier alpha value is -2.30. The minimum Gasteiger partial charge on any atom is -0.382 e. The number of aromatic nitrogens is 3. The lowest BCUT2D eigenvalue weighted by Gasteiger charge is -2.02. The first-order valence-electron chi connectivity index (χ1n) is 4.54. The first kappa shape index (κ1) is 8.05. The van der Waals surface area contributed by atoms with E-state index >= 15 is 0 Å². The predicted octanol–water partition coefficient (Wildman–Crippen LogP) is 0.881. The van der Waals surface area contributed by atoms with Gasteiger partial charge in [0.05, 0.1) is 5.52 Å². The quantitative estimate of drug-likeness (QED) is 0.526. The summed E-state index contributed by atoms with van der Waals surface area (Å²) in [6, 6.07) is 7.71. The van der Waals surface area contributed by atoms with E-state index in [-0.39, 0.29) is 0 Å². The summed E-state index contributed by atoms with van der Waals surface area (Å²) in [5, 5.41) is 0.960. The molecule has 0 radical (unpaired) electrons. The molecule has 0 saturated carbocycles. The monoisotopic (exact) mass is 199 g/mol. The zero-order valence-corrected chi connectivity index (χ0v) is 7.88. The second kappa shape index (κ2) is 2.60. The Bertz CT molecular complexity index is 655. The lowest BCUT2D eigenvalue weighted by atomic mass is 10.2. The summed E-state index contributed by atoms with van der Waals surface area (Å²) in [5.41, 5.74) is 8.09. The maximum absolute atomic E-state index is 5.79. The van der Waals surface area contributed by atoms with Gasteiger partial charge in [0.1, 0.15) is 17.4 Å². The van der Waals surface area contributed by atoms with Gasteiger partial charge in [-0.25, -0.2) is 14.6 Å². The molecule has 0 saturated heterocycles. The molecule has 0 spiro atoms. The largest absolute Gasteiger partial charge is 0.382 e. The minimum absolute atomic E-state index is 0.410. The summed E-state index contributed by atoms with van der Waals surface area (Å²) >= 11 is 0. The van der Waals surface area contributed by atoms with Crippen LogP contribution in [0.25, 0.3) is 21.9 Å². The van der Waals surface area contributed by atoms with Crippen LogP contribution in [0.2, 0.25) is 0 Å². The SMILES string of the molecule is Nc1nc2ccccc2c2c1ncn2N. The molecule has 0 aliphatic carbocycles. The van der Waals surface area contributed by atoms with Gasteiger partial charge in [-0.15, -0.1) is 0 Å². The van der Waals surface area contributed by atoms with Gasteiger partial charge in [0.25, 0.3) is 0 Å². The Morgan fingerprint density at radius 2 is 2.00 bits per heavy atom. The number of imidazole rings is 1. The van der Waals surface area contributed by atoms with E-state index in [1.54, 1.807) is 0 Å². The van der Waals surface area contributed by atoms with Crippen LogP contribution in [0.1, 0.15) is 0 Å². The fourth-order valence-electron chi connectivity index (χ4n) is 1.77. The van der Waals surface area contributed by atoms with Crippen LogP contribution >= 0.6 is 0 Å². The second-order valence-corrected chi connectivity index (χ2v) is 3.36. The standard InChI is InChI=1S/C10H9N5/c11-10-8-9(15(12)5-13-8)6-3-1-2-4-7(6)14-10/h1-5H,12H2,(H2,11,14). The summed E-state index contributed by atoms with van der Waals surface area (Å²) in [4.78, 5) is 8.38. The number of hydrogen-bond donors (Lipinski definition) is 2. The third-order valence-corrected chi connectivity index (χ3v) is 2.44. The highest BCUT2D eigenvalue weighted by Crippen LogP contribution is 2.25. The molecule has 0 atom stereocenters. The molecule has 0 amide bonds. The highest BCUT2D eigenvalue weighted by atomic mass is 15.3. The molecule has 0 bridgehead atoms. The van der Waals surface area contributed by atoms with Gasteiger partial charge in [-0.2, -0.15) is 0 Å². The van der Waals surface area contributed by atoms with Gasteiger partial charge in [0.15, 0.2) is 5.82 Å². The van der Waals surface area contributed by atoms with Crippen molar-refractivity contribution in [2.24, 2.45) is 0 Å². The average Bonchev–Trinajstić information content (AvgIpc) is 2.62. The summed E-state index contributed by atoms with van der Waals surface area (Å²) in [7, 11) is 0. The highest BCUT2D eigenvalue weighted by Gasteiger charge is 2.09. The number of pyridine rings is 1. The van der Waals surface area contributed by atoms with E-state index in [1.807, 2.05) is 24.3 Å². The molecule has 2 heterocycles. The first-order chi connectivity index (χ1) is 7.27. The van der Waals surface area contributed by atoms with Crippen molar-refractivity contribution in [3.63, 3.8) is 0 Å². The molecular formula is C10H9N5. The van der Waals surface area contributed by atoms with E-state index in [0.29, 0.717) is 11.3 Å². The molecule has 0 fully saturated rings. The molecule has 15 heavy (non-hydrogen) atoms. The smallest absolute Gasteiger partial charge is 0.152 e. The summed E-state index contributed by atoms with van der Waals surface area (Å²) in [5.74, 6) is 6.19. The van der Waals surface area contributed by atoms with Crippen LogP contribution in [0.15, 0.2) is 30.6 Å². The second-order valence-electron chi connectivity index (χ2n) is 3.36. The Morgan fingerprint density at radius 3 is 2.87 bits per heavy atom. The van der Waals surface area contributed by atoms with Gasteiger partial charge in [-0.05, 0) is 6.07 Å². The Labute approximate surface area is 85.3 Å². The van der Waals surface area contributed by atoms with Crippen molar-refractivity contribution in [3.05, 3.63) is 30.6 Å². The van der Waals surface area contributed by atoms with Crippen molar-refractivity contribution in [2.45, 2.75) is 0 Å². The van der Waals surface area contributed by atoms with Crippen LogP contribution in [0, 0.1) is 0 Å². The molecule has 1 aromatic carbocycles. The molecule has 4 N–H and O–H groups in total. The maximum atomic E-state index is 5.79. The number of rotatable bonds is 0. The normalized spacial score (nSPS) is 11.2. The number of nitrogens with zero attached hydrogens (tertiary/aromatic N) is 3. The topological polar surface area (TPSA) is 82.8 Å². The fourth-order valence-corrected chi connectivity index (χ4v) is 1.77. The van der Waals surface area contributed by atoms with E-state index in [4.69, 9.17) is 11.6 Å². The van der Waals surface area contributed by atoms with E-state index in [9.17, 15) is 0 Å². The number of para-hydroxylation sites is 1. The third-order valence-electron chi connectivity index (χ3n) is 2.44. The van der Waals surface area contributed by atoms with Crippen LogP contribution < -0.4 is 11.6 Å². The third kappa shape index (κ3) is 0.969. The van der Waals surface area contributed by atoms with Crippen molar-refractivity contribution in [1.29, 1.82) is 0 Å². The van der Waals surface area contributed by atoms with Crippen LogP contribution in [0.4, 0.5) is 5.82 Å². The van der Waals surface area contributed by atoms with Gasteiger partial charge < -0.3 is 11.6 Å². The van der Waals surface area contributed by atoms with E-state index in [0.717, 1.165) is 16.4 Å². The maximum Gasteiger partial charge on any atom is 0.152 e. The Kier molecular flexibility index (Phi) is 1.39. The zero-order chi connectivity index (χ0) is 10.4. The fraction of sp³-hybridized carbons (Fsp3) is 0. The summed E-state index contributed by atoms with van der Waals surface area (Å²) in [6.07, 6.45) is 1.54.